The van der Waals surface area contributed by atoms with Crippen LogP contribution in [0.1, 0.15) is 54.4 Å². The number of nitrogens with one attached hydrogen (secondary N) is 1. The van der Waals surface area contributed by atoms with E-state index < -0.39 is 5.60 Å². The lowest BCUT2D eigenvalue weighted by atomic mass is 9.91. The molecule has 2 saturated heterocycles. The maximum absolute atomic E-state index is 12.5. The summed E-state index contributed by atoms with van der Waals surface area (Å²) in [6, 6.07) is 0.261. The van der Waals surface area contributed by atoms with Gasteiger partial charge in [-0.15, -0.1) is 0 Å². The van der Waals surface area contributed by atoms with Gasteiger partial charge in [0.25, 0.3) is 0 Å². The summed E-state index contributed by atoms with van der Waals surface area (Å²) >= 11 is 0. The predicted octanol–water partition coefficient (Wildman–Crippen LogP) is 2.73. The van der Waals surface area contributed by atoms with E-state index in [1.165, 1.54) is 6.42 Å². The molecule has 0 aliphatic carbocycles. The van der Waals surface area contributed by atoms with Gasteiger partial charge in [0.15, 0.2) is 0 Å². The number of ether oxygens (including phenoxy) is 1. The number of hydrogen-bond acceptors (Lipinski definition) is 4. The zero-order chi connectivity index (χ0) is 19.5. The minimum Gasteiger partial charge on any atom is -0.444 e. The molecule has 150 valence electrons. The van der Waals surface area contributed by atoms with E-state index in [4.69, 9.17) is 4.74 Å². The highest BCUT2D eigenvalue weighted by atomic mass is 16.6. The van der Waals surface area contributed by atoms with Gasteiger partial charge in [-0.05, 0) is 51.4 Å². The zero-order valence-electron chi connectivity index (χ0n) is 17.4. The van der Waals surface area contributed by atoms with Crippen LogP contribution in [0.4, 0.5) is 4.79 Å². The van der Waals surface area contributed by atoms with E-state index in [0.29, 0.717) is 37.4 Å². The molecule has 2 amide bonds. The van der Waals surface area contributed by atoms with E-state index in [1.807, 2.05) is 25.7 Å². The minimum atomic E-state index is -0.468. The van der Waals surface area contributed by atoms with Crippen LogP contribution in [0.25, 0.3) is 0 Å². The average molecular weight is 368 g/mol. The van der Waals surface area contributed by atoms with E-state index >= 15 is 0 Å². The largest absolute Gasteiger partial charge is 0.444 e. The Morgan fingerprint density at radius 3 is 2.19 bits per heavy atom. The van der Waals surface area contributed by atoms with E-state index in [9.17, 15) is 9.59 Å². The van der Waals surface area contributed by atoms with Crippen LogP contribution in [-0.4, -0.2) is 66.2 Å². The molecular weight excluding hydrogens is 330 g/mol. The third-order valence-electron chi connectivity index (χ3n) is 5.29. The number of likely N-dealkylation sites (tertiary alicyclic amines) is 2. The quantitative estimate of drug-likeness (QED) is 0.833. The zero-order valence-corrected chi connectivity index (χ0v) is 17.4. The maximum Gasteiger partial charge on any atom is 0.410 e. The van der Waals surface area contributed by atoms with Gasteiger partial charge in [-0.25, -0.2) is 4.79 Å². The minimum absolute atomic E-state index is 0.199. The van der Waals surface area contributed by atoms with E-state index in [1.54, 1.807) is 4.90 Å². The van der Waals surface area contributed by atoms with Gasteiger partial charge in [0.05, 0.1) is 6.54 Å². The Morgan fingerprint density at radius 2 is 1.65 bits per heavy atom. The van der Waals surface area contributed by atoms with Gasteiger partial charge in [-0.1, -0.05) is 20.8 Å². The summed E-state index contributed by atoms with van der Waals surface area (Å²) in [5, 5.41) is 3.44. The van der Waals surface area contributed by atoms with Crippen molar-refractivity contribution in [2.24, 2.45) is 17.8 Å². The molecule has 0 radical (unpaired) electrons. The number of rotatable bonds is 3. The molecule has 0 spiro atoms. The number of amides is 2. The Morgan fingerprint density at radius 1 is 1.04 bits per heavy atom. The molecule has 4 atom stereocenters. The van der Waals surface area contributed by atoms with Crippen LogP contribution in [0, 0.1) is 17.8 Å². The van der Waals surface area contributed by atoms with E-state index in [0.717, 1.165) is 19.5 Å². The molecule has 6 nitrogen and oxygen atoms in total. The van der Waals surface area contributed by atoms with Crippen molar-refractivity contribution in [2.75, 3.05) is 32.7 Å². The van der Waals surface area contributed by atoms with Gasteiger partial charge in [-0.2, -0.15) is 0 Å². The molecule has 6 heteroatoms. The molecule has 2 aliphatic heterocycles. The van der Waals surface area contributed by atoms with Gasteiger partial charge < -0.3 is 19.9 Å². The fraction of sp³-hybridized carbons (Fsp3) is 0.900. The molecule has 2 heterocycles. The van der Waals surface area contributed by atoms with Gasteiger partial charge in [0.1, 0.15) is 5.60 Å². The molecule has 0 bridgehead atoms. The van der Waals surface area contributed by atoms with Crippen LogP contribution in [0.15, 0.2) is 0 Å². The van der Waals surface area contributed by atoms with Gasteiger partial charge >= 0.3 is 6.09 Å². The molecule has 26 heavy (non-hydrogen) atoms. The summed E-state index contributed by atoms with van der Waals surface area (Å²) in [5.74, 6) is 1.66. The molecule has 0 aromatic carbocycles. The molecular formula is C20H37N3O3. The molecule has 0 aromatic rings. The van der Waals surface area contributed by atoms with Crippen molar-refractivity contribution in [2.45, 2.75) is 66.0 Å². The van der Waals surface area contributed by atoms with Crippen molar-refractivity contribution in [3.05, 3.63) is 0 Å². The second-order valence-corrected chi connectivity index (χ2v) is 9.42. The molecule has 2 rings (SSSR count). The maximum atomic E-state index is 12.5. The monoisotopic (exact) mass is 367 g/mol. The predicted molar refractivity (Wildman–Crippen MR) is 103 cm³/mol. The van der Waals surface area contributed by atoms with Crippen molar-refractivity contribution in [1.82, 2.24) is 15.1 Å². The van der Waals surface area contributed by atoms with Crippen LogP contribution in [-0.2, 0) is 9.53 Å². The summed E-state index contributed by atoms with van der Waals surface area (Å²) in [5.41, 5.74) is -0.468. The van der Waals surface area contributed by atoms with Crippen molar-refractivity contribution >= 4 is 12.0 Å². The first-order chi connectivity index (χ1) is 12.0. The van der Waals surface area contributed by atoms with Gasteiger partial charge in [0, 0.05) is 32.2 Å². The average Bonchev–Trinajstić information content (AvgIpc) is 2.50. The molecule has 0 aromatic heterocycles. The second-order valence-electron chi connectivity index (χ2n) is 9.42. The summed E-state index contributed by atoms with van der Waals surface area (Å²) in [6.07, 6.45) is 1.81. The number of carbonyl (C=O) groups excluding carboxylic acids is 2. The van der Waals surface area contributed by atoms with Crippen LogP contribution in [0.3, 0.4) is 0 Å². The van der Waals surface area contributed by atoms with Crippen molar-refractivity contribution in [1.29, 1.82) is 0 Å². The fourth-order valence-electron chi connectivity index (χ4n) is 4.14. The highest BCUT2D eigenvalue weighted by Crippen LogP contribution is 2.22. The first-order valence-corrected chi connectivity index (χ1v) is 10.0. The summed E-state index contributed by atoms with van der Waals surface area (Å²) in [7, 11) is 0. The number of piperidine rings is 2. The smallest absolute Gasteiger partial charge is 0.410 e. The Labute approximate surface area is 158 Å². The Hall–Kier alpha value is -1.30. The summed E-state index contributed by atoms with van der Waals surface area (Å²) < 4.78 is 5.46. The van der Waals surface area contributed by atoms with Crippen molar-refractivity contribution in [3.63, 3.8) is 0 Å². The molecule has 0 unspecified atom stereocenters. The number of nitrogens with zero attached hydrogens (tertiary/aromatic N) is 2. The van der Waals surface area contributed by atoms with E-state index in [-0.39, 0.29) is 18.0 Å². The molecule has 0 saturated carbocycles. The third-order valence-corrected chi connectivity index (χ3v) is 5.29. The van der Waals surface area contributed by atoms with Crippen LogP contribution in [0.5, 0.6) is 0 Å². The Balaban J connectivity index is 1.77. The van der Waals surface area contributed by atoms with Crippen molar-refractivity contribution < 1.29 is 14.3 Å². The molecule has 2 fully saturated rings. The fourth-order valence-corrected chi connectivity index (χ4v) is 4.14. The lowest BCUT2D eigenvalue weighted by Gasteiger charge is -2.39. The molecule has 1 N–H and O–H groups in total. The molecule has 2 aliphatic rings. The highest BCUT2D eigenvalue weighted by molar-refractivity contribution is 5.78. The van der Waals surface area contributed by atoms with Crippen molar-refractivity contribution in [3.8, 4) is 0 Å². The lowest BCUT2D eigenvalue weighted by molar-refractivity contribution is -0.133. The number of hydrogen-bond donors (Lipinski definition) is 1. The van der Waals surface area contributed by atoms with Crippen LogP contribution in [0.2, 0.25) is 0 Å². The highest BCUT2D eigenvalue weighted by Gasteiger charge is 2.32. The number of carbonyl (C=O) groups is 2. The summed E-state index contributed by atoms with van der Waals surface area (Å²) in [6.45, 7) is 15.7. The Kier molecular flexibility index (Phi) is 6.94. The second kappa shape index (κ2) is 8.59. The third kappa shape index (κ3) is 6.15. The standard InChI is InChI=1S/C20H37N3O3/c1-14-9-15(2)12-23(11-14)18(24)10-21-17-7-8-22(13-16(17)3)19(25)26-20(4,5)6/h14-17,21H,7-13H2,1-6H3/t14-,15+,16-,17+/m0/s1. The Bertz CT molecular complexity index is 493. The van der Waals surface area contributed by atoms with Gasteiger partial charge in [-0.3, -0.25) is 4.79 Å². The first-order valence-electron chi connectivity index (χ1n) is 10.0. The summed E-state index contributed by atoms with van der Waals surface area (Å²) in [4.78, 5) is 28.6. The first kappa shape index (κ1) is 21.0. The van der Waals surface area contributed by atoms with E-state index in [2.05, 4.69) is 26.1 Å². The van der Waals surface area contributed by atoms with Crippen LogP contribution >= 0.6 is 0 Å². The van der Waals surface area contributed by atoms with Gasteiger partial charge in [0.2, 0.25) is 5.91 Å². The normalized spacial score (nSPS) is 30.2. The topological polar surface area (TPSA) is 61.9 Å². The lowest BCUT2D eigenvalue weighted by Crippen LogP contribution is -2.53. The van der Waals surface area contributed by atoms with Crippen LogP contribution < -0.4 is 5.32 Å². The SMILES string of the molecule is C[C@@H]1C[C@H](C)CN(C(=O)CN[C@@H]2CCN(C(=O)OC(C)(C)C)C[C@@H]2C)C1.